The van der Waals surface area contributed by atoms with Crippen molar-refractivity contribution < 1.29 is 21.1 Å². The van der Waals surface area contributed by atoms with E-state index < -0.39 is 0 Å². The number of benzene rings is 1. The molecule has 1 nitrogen and oxygen atoms in total. The third-order valence-electron chi connectivity index (χ3n) is 1.30. The van der Waals surface area contributed by atoms with Crippen LogP contribution >= 0.6 is 13.6 Å². The first-order valence-electron chi connectivity index (χ1n) is 3.71. The predicted molar refractivity (Wildman–Crippen MR) is 50.1 cm³/mol. The van der Waals surface area contributed by atoms with Gasteiger partial charge in [-0.15, -0.1) is 11.6 Å². The van der Waals surface area contributed by atoms with E-state index in [4.69, 9.17) is 4.74 Å². The maximum atomic E-state index is 5.28. The van der Waals surface area contributed by atoms with Gasteiger partial charge in [-0.1, -0.05) is 6.92 Å². The van der Waals surface area contributed by atoms with Crippen LogP contribution in [0.15, 0.2) is 18.2 Å². The SMILES string of the molecule is CCOc1[c-]cccc1C.[Zn+][Br]. The van der Waals surface area contributed by atoms with Crippen molar-refractivity contribution in [1.29, 1.82) is 0 Å². The Morgan fingerprint density at radius 3 is 2.75 bits per heavy atom. The molecule has 0 saturated carbocycles. The fraction of sp³-hybridized carbons (Fsp3) is 0.333. The summed E-state index contributed by atoms with van der Waals surface area (Å²) in [5.74, 6) is 0.866. The summed E-state index contributed by atoms with van der Waals surface area (Å²) >= 11 is 4.25. The van der Waals surface area contributed by atoms with Crippen molar-refractivity contribution in [1.82, 2.24) is 0 Å². The first-order chi connectivity index (χ1) is 5.84. The Morgan fingerprint density at radius 2 is 2.25 bits per heavy atom. The molecule has 0 unspecified atom stereocenters. The molecule has 12 heavy (non-hydrogen) atoms. The van der Waals surface area contributed by atoms with E-state index >= 15 is 0 Å². The molecule has 0 aliphatic heterocycles. The Morgan fingerprint density at radius 1 is 1.58 bits per heavy atom. The molecule has 0 aliphatic rings. The molecule has 0 N–H and O–H groups in total. The van der Waals surface area contributed by atoms with E-state index in [0.717, 1.165) is 11.3 Å². The van der Waals surface area contributed by atoms with Crippen molar-refractivity contribution in [3.63, 3.8) is 0 Å². The van der Waals surface area contributed by atoms with Gasteiger partial charge in [-0.25, -0.2) is 0 Å². The molecule has 0 saturated heterocycles. The fourth-order valence-corrected chi connectivity index (χ4v) is 0.806. The molecule has 0 radical (unpaired) electrons. The molecule has 0 fully saturated rings. The number of halogens is 1. The number of hydrogen-bond donors (Lipinski definition) is 0. The van der Waals surface area contributed by atoms with Gasteiger partial charge >= 0.3 is 30.0 Å². The average Bonchev–Trinajstić information content (AvgIpc) is 2.13. The molecule has 0 bridgehead atoms. The second kappa shape index (κ2) is 7.76. The van der Waals surface area contributed by atoms with Crippen LogP contribution in [0.2, 0.25) is 0 Å². The zero-order valence-electron chi connectivity index (χ0n) is 7.43. The van der Waals surface area contributed by atoms with E-state index in [9.17, 15) is 0 Å². The first-order valence-corrected chi connectivity index (χ1v) is 10.7. The van der Waals surface area contributed by atoms with Gasteiger partial charge in [0.05, 0.1) is 6.61 Å². The molecular formula is C9H11BrOZn. The van der Waals surface area contributed by atoms with E-state index in [1.54, 1.807) is 0 Å². The molecule has 3 heteroatoms. The summed E-state index contributed by atoms with van der Waals surface area (Å²) in [6, 6.07) is 8.85. The molecule has 1 rings (SSSR count). The Labute approximate surface area is 90.5 Å². The van der Waals surface area contributed by atoms with E-state index in [1.807, 2.05) is 32.0 Å². The normalized spacial score (nSPS) is 8.42. The van der Waals surface area contributed by atoms with Crippen molar-refractivity contribution in [2.24, 2.45) is 0 Å². The minimum atomic E-state index is 0.710. The number of hydrogen-bond acceptors (Lipinski definition) is 1. The van der Waals surface area contributed by atoms with Gasteiger partial charge in [-0.2, -0.15) is 18.2 Å². The van der Waals surface area contributed by atoms with Crippen molar-refractivity contribution >= 4 is 13.6 Å². The second-order valence-electron chi connectivity index (χ2n) is 2.12. The zero-order valence-corrected chi connectivity index (χ0v) is 12.0. The van der Waals surface area contributed by atoms with Crippen LogP contribution in [0.3, 0.4) is 0 Å². The van der Waals surface area contributed by atoms with Gasteiger partial charge in [0.2, 0.25) is 0 Å². The Balaban J connectivity index is 0.000000561. The molecule has 0 aliphatic carbocycles. The zero-order chi connectivity index (χ0) is 9.40. The topological polar surface area (TPSA) is 9.23 Å². The van der Waals surface area contributed by atoms with Crippen LogP contribution in [0.4, 0.5) is 0 Å². The monoisotopic (exact) mass is 278 g/mol. The summed E-state index contributed by atoms with van der Waals surface area (Å²) in [5, 5.41) is 0. The molecule has 1 aromatic carbocycles. The van der Waals surface area contributed by atoms with Crippen LogP contribution in [0, 0.1) is 13.0 Å². The standard InChI is InChI=1S/C9H11O.BrH.Zn/c1-3-10-9-7-5-4-6-8(9)2;;/h4-6H,3H2,1-2H3;1H;/q-1;;+2/p-1. The second-order valence-corrected chi connectivity index (χ2v) is 2.12. The van der Waals surface area contributed by atoms with Crippen molar-refractivity contribution in [3.8, 4) is 5.75 Å². The Kier molecular flexibility index (Phi) is 7.84. The van der Waals surface area contributed by atoms with Crippen molar-refractivity contribution in [2.75, 3.05) is 6.61 Å². The Hall–Kier alpha value is 0.123. The van der Waals surface area contributed by atoms with Gasteiger partial charge in [0.15, 0.2) is 0 Å². The van der Waals surface area contributed by atoms with Gasteiger partial charge in [-0.3, -0.25) is 0 Å². The quantitative estimate of drug-likeness (QED) is 0.598. The third kappa shape index (κ3) is 4.22. The summed E-state index contributed by atoms with van der Waals surface area (Å²) in [5.41, 5.74) is 1.14. The number of rotatable bonds is 2. The minimum absolute atomic E-state index is 0.710. The fourth-order valence-electron chi connectivity index (χ4n) is 0.806. The molecule has 0 heterocycles. The van der Waals surface area contributed by atoms with Crippen LogP contribution in [0.5, 0.6) is 5.75 Å². The van der Waals surface area contributed by atoms with E-state index in [1.165, 1.54) is 16.3 Å². The number of para-hydroxylation sites is 1. The average molecular weight is 280 g/mol. The number of ether oxygens (including phenoxy) is 1. The summed E-state index contributed by atoms with van der Waals surface area (Å²) < 4.78 is 5.28. The molecule has 62 valence electrons. The molecule has 0 amide bonds. The number of aryl methyl sites for hydroxylation is 1. The summed E-state index contributed by atoms with van der Waals surface area (Å²) in [6.07, 6.45) is 0. The van der Waals surface area contributed by atoms with Crippen LogP contribution in [-0.2, 0) is 16.3 Å². The summed E-state index contributed by atoms with van der Waals surface area (Å²) in [6.45, 7) is 4.70. The van der Waals surface area contributed by atoms with Crippen LogP contribution in [0.25, 0.3) is 0 Å². The molecular weight excluding hydrogens is 269 g/mol. The van der Waals surface area contributed by atoms with Crippen LogP contribution in [0.1, 0.15) is 12.5 Å². The van der Waals surface area contributed by atoms with Gasteiger partial charge in [0.1, 0.15) is 0 Å². The van der Waals surface area contributed by atoms with Gasteiger partial charge in [0.25, 0.3) is 0 Å². The molecule has 1 aromatic rings. The maximum absolute atomic E-state index is 5.28. The first kappa shape index (κ1) is 12.1. The van der Waals surface area contributed by atoms with E-state index in [0.29, 0.717) is 6.61 Å². The summed E-state index contributed by atoms with van der Waals surface area (Å²) in [4.78, 5) is 0. The Bertz CT molecular complexity index is 215. The van der Waals surface area contributed by atoms with E-state index in [2.05, 4.69) is 19.7 Å². The van der Waals surface area contributed by atoms with Crippen LogP contribution < -0.4 is 4.74 Å². The van der Waals surface area contributed by atoms with Crippen molar-refractivity contribution in [3.05, 3.63) is 29.8 Å². The van der Waals surface area contributed by atoms with E-state index in [-0.39, 0.29) is 0 Å². The molecule has 0 atom stereocenters. The van der Waals surface area contributed by atoms with Gasteiger partial charge in [-0.05, 0) is 6.92 Å². The van der Waals surface area contributed by atoms with Gasteiger partial charge in [0, 0.05) is 5.75 Å². The molecule has 0 aromatic heterocycles. The van der Waals surface area contributed by atoms with Gasteiger partial charge < -0.3 is 4.74 Å². The summed E-state index contributed by atoms with van der Waals surface area (Å²) in [7, 11) is 0. The van der Waals surface area contributed by atoms with Crippen molar-refractivity contribution in [2.45, 2.75) is 13.8 Å². The van der Waals surface area contributed by atoms with Crippen LogP contribution in [-0.4, -0.2) is 6.61 Å². The third-order valence-corrected chi connectivity index (χ3v) is 1.30. The molecule has 0 spiro atoms. The predicted octanol–water partition coefficient (Wildman–Crippen LogP) is 3.04.